The summed E-state index contributed by atoms with van der Waals surface area (Å²) in [5.41, 5.74) is -0.943. The van der Waals surface area contributed by atoms with E-state index in [0.717, 1.165) is 0 Å². The van der Waals surface area contributed by atoms with Gasteiger partial charge in [-0.3, -0.25) is 30.0 Å². The number of carbonyl (C=O) groups excluding carboxylic acids is 3. The number of aliphatic hydroxyl groups is 1. The van der Waals surface area contributed by atoms with E-state index in [1.54, 1.807) is 11.1 Å². The summed E-state index contributed by atoms with van der Waals surface area (Å²) in [4.78, 5) is 47.5. The van der Waals surface area contributed by atoms with Crippen molar-refractivity contribution in [2.24, 2.45) is 0 Å². The van der Waals surface area contributed by atoms with Gasteiger partial charge in [0.1, 0.15) is 0 Å². The number of imide groups is 2. The number of nitrogens with one attached hydrogen (secondary N) is 3. The second kappa shape index (κ2) is 6.67. The standard InChI is InChI=1S/C14H20N6O4/c21-6-5-19-1-3-20(4-2-19)14(7-10-8-15-9-16-10)11(22)17-13(24)18-12(14)23/h8-9,21H,1-7H2,(H,15,16)(H2,17,18,22,23,24). The summed E-state index contributed by atoms with van der Waals surface area (Å²) in [6, 6.07) is -0.804. The Morgan fingerprint density at radius 3 is 2.33 bits per heavy atom. The van der Waals surface area contributed by atoms with E-state index in [1.165, 1.54) is 6.33 Å². The summed E-state index contributed by atoms with van der Waals surface area (Å²) < 4.78 is 0. The Morgan fingerprint density at radius 2 is 1.79 bits per heavy atom. The molecule has 2 saturated heterocycles. The van der Waals surface area contributed by atoms with Crippen molar-refractivity contribution >= 4 is 17.8 Å². The number of aromatic amines is 1. The molecule has 2 aliphatic rings. The molecule has 0 aromatic carbocycles. The Hall–Kier alpha value is -2.30. The number of urea groups is 1. The van der Waals surface area contributed by atoms with Gasteiger partial charge in [0.15, 0.2) is 5.54 Å². The average Bonchev–Trinajstić information content (AvgIpc) is 3.05. The van der Waals surface area contributed by atoms with E-state index in [1.807, 2.05) is 0 Å². The molecule has 0 bridgehead atoms. The van der Waals surface area contributed by atoms with Crippen LogP contribution >= 0.6 is 0 Å². The fraction of sp³-hybridized carbons (Fsp3) is 0.571. The fourth-order valence-electron chi connectivity index (χ4n) is 3.25. The van der Waals surface area contributed by atoms with Crippen molar-refractivity contribution in [2.75, 3.05) is 39.3 Å². The van der Waals surface area contributed by atoms with E-state index >= 15 is 0 Å². The number of hydrogen-bond acceptors (Lipinski definition) is 7. The van der Waals surface area contributed by atoms with Crippen molar-refractivity contribution in [3.8, 4) is 0 Å². The van der Waals surface area contributed by atoms with Crippen molar-refractivity contribution in [2.45, 2.75) is 12.0 Å². The van der Waals surface area contributed by atoms with Crippen LogP contribution in [0.5, 0.6) is 0 Å². The molecular weight excluding hydrogens is 316 g/mol. The van der Waals surface area contributed by atoms with Crippen molar-refractivity contribution < 1.29 is 19.5 Å². The highest BCUT2D eigenvalue weighted by Crippen LogP contribution is 2.25. The molecule has 3 heterocycles. The molecule has 10 nitrogen and oxygen atoms in total. The minimum atomic E-state index is -1.51. The maximum absolute atomic E-state index is 12.6. The number of barbiturate groups is 1. The highest BCUT2D eigenvalue weighted by Gasteiger charge is 2.55. The zero-order chi connectivity index (χ0) is 17.2. The van der Waals surface area contributed by atoms with Gasteiger partial charge in [0.25, 0.3) is 11.8 Å². The predicted octanol–water partition coefficient (Wildman–Crippen LogP) is -2.33. The molecule has 2 fully saturated rings. The molecule has 3 rings (SSSR count). The van der Waals surface area contributed by atoms with Crippen LogP contribution < -0.4 is 10.6 Å². The number of H-pyrrole nitrogens is 1. The molecule has 0 spiro atoms. The zero-order valence-corrected chi connectivity index (χ0v) is 13.1. The minimum Gasteiger partial charge on any atom is -0.395 e. The molecule has 2 aliphatic heterocycles. The Balaban J connectivity index is 1.87. The van der Waals surface area contributed by atoms with E-state index < -0.39 is 23.4 Å². The van der Waals surface area contributed by atoms with Crippen LogP contribution in [-0.4, -0.2) is 87.6 Å². The number of rotatable bonds is 5. The third-order valence-corrected chi connectivity index (χ3v) is 4.53. The van der Waals surface area contributed by atoms with Gasteiger partial charge >= 0.3 is 6.03 Å². The van der Waals surface area contributed by atoms with Crippen molar-refractivity contribution in [3.05, 3.63) is 18.2 Å². The van der Waals surface area contributed by atoms with Gasteiger partial charge in [0, 0.05) is 45.3 Å². The molecule has 10 heteroatoms. The number of β-amino-alcohol motifs (C(OH)–C–C–N with tert-alkyl or cyclic N) is 1. The van der Waals surface area contributed by atoms with Gasteiger partial charge in [-0.15, -0.1) is 0 Å². The second-order valence-corrected chi connectivity index (χ2v) is 5.89. The number of amides is 4. The minimum absolute atomic E-state index is 0.0634. The van der Waals surface area contributed by atoms with Gasteiger partial charge in [-0.2, -0.15) is 0 Å². The molecule has 0 unspecified atom stereocenters. The van der Waals surface area contributed by atoms with Crippen LogP contribution in [0.15, 0.2) is 12.5 Å². The normalized spacial score (nSPS) is 22.3. The van der Waals surface area contributed by atoms with Crippen LogP contribution in [0.1, 0.15) is 5.69 Å². The first-order chi connectivity index (χ1) is 11.6. The number of imidazole rings is 1. The number of hydrogen-bond donors (Lipinski definition) is 4. The molecule has 4 amide bonds. The number of piperazine rings is 1. The smallest absolute Gasteiger partial charge is 0.328 e. The van der Waals surface area contributed by atoms with E-state index in [2.05, 4.69) is 25.5 Å². The monoisotopic (exact) mass is 336 g/mol. The summed E-state index contributed by atoms with van der Waals surface area (Å²) in [5, 5.41) is 13.4. The van der Waals surface area contributed by atoms with E-state index in [9.17, 15) is 14.4 Å². The summed E-state index contributed by atoms with van der Waals surface area (Å²) in [6.07, 6.45) is 3.17. The topological polar surface area (TPSA) is 131 Å². The average molecular weight is 336 g/mol. The Labute approximate surface area is 138 Å². The van der Waals surface area contributed by atoms with Gasteiger partial charge in [0.2, 0.25) is 0 Å². The lowest BCUT2D eigenvalue weighted by molar-refractivity contribution is -0.149. The molecule has 130 valence electrons. The van der Waals surface area contributed by atoms with Crippen molar-refractivity contribution in [1.29, 1.82) is 0 Å². The van der Waals surface area contributed by atoms with Crippen molar-refractivity contribution in [1.82, 2.24) is 30.4 Å². The van der Waals surface area contributed by atoms with Crippen LogP contribution in [0.4, 0.5) is 4.79 Å². The highest BCUT2D eigenvalue weighted by atomic mass is 16.3. The van der Waals surface area contributed by atoms with Gasteiger partial charge in [-0.05, 0) is 0 Å². The Bertz CT molecular complexity index is 603. The molecule has 0 atom stereocenters. The lowest BCUT2D eigenvalue weighted by Gasteiger charge is -2.46. The lowest BCUT2D eigenvalue weighted by Crippen LogP contribution is -2.75. The van der Waals surface area contributed by atoms with Crippen LogP contribution in [-0.2, 0) is 16.0 Å². The fourth-order valence-corrected chi connectivity index (χ4v) is 3.25. The second-order valence-electron chi connectivity index (χ2n) is 5.89. The Morgan fingerprint density at radius 1 is 1.12 bits per heavy atom. The Kier molecular flexibility index (Phi) is 4.60. The van der Waals surface area contributed by atoms with Gasteiger partial charge in [-0.25, -0.2) is 9.78 Å². The maximum Gasteiger partial charge on any atom is 0.328 e. The van der Waals surface area contributed by atoms with E-state index in [4.69, 9.17) is 5.11 Å². The van der Waals surface area contributed by atoms with E-state index in [-0.39, 0.29) is 13.0 Å². The zero-order valence-electron chi connectivity index (χ0n) is 13.1. The predicted molar refractivity (Wildman–Crippen MR) is 81.8 cm³/mol. The third-order valence-electron chi connectivity index (χ3n) is 4.53. The summed E-state index contributed by atoms with van der Waals surface area (Å²) in [6.45, 7) is 2.80. The molecule has 0 aliphatic carbocycles. The molecule has 4 N–H and O–H groups in total. The molecule has 24 heavy (non-hydrogen) atoms. The highest BCUT2D eigenvalue weighted by molar-refractivity contribution is 6.22. The SMILES string of the molecule is O=C1NC(=O)C(Cc2c[nH]cn2)(N2CCN(CCO)CC2)C(=O)N1. The van der Waals surface area contributed by atoms with E-state index in [0.29, 0.717) is 38.4 Å². The largest absolute Gasteiger partial charge is 0.395 e. The first kappa shape index (κ1) is 16.6. The summed E-state index contributed by atoms with van der Waals surface area (Å²) in [7, 11) is 0. The van der Waals surface area contributed by atoms with Crippen LogP contribution in [0, 0.1) is 0 Å². The molecular formula is C14H20N6O4. The van der Waals surface area contributed by atoms with Gasteiger partial charge < -0.3 is 10.1 Å². The number of carbonyl (C=O) groups is 3. The summed E-state index contributed by atoms with van der Waals surface area (Å²) in [5.74, 6) is -1.26. The first-order valence-corrected chi connectivity index (χ1v) is 7.79. The third kappa shape index (κ3) is 2.90. The van der Waals surface area contributed by atoms with Gasteiger partial charge in [-0.1, -0.05) is 0 Å². The number of aromatic nitrogens is 2. The maximum atomic E-state index is 12.6. The molecule has 1 aromatic rings. The van der Waals surface area contributed by atoms with Crippen LogP contribution in [0.25, 0.3) is 0 Å². The lowest BCUT2D eigenvalue weighted by atomic mass is 9.87. The quantitative estimate of drug-likeness (QED) is 0.444. The van der Waals surface area contributed by atoms with Gasteiger partial charge in [0.05, 0.1) is 18.6 Å². The molecule has 0 radical (unpaired) electrons. The van der Waals surface area contributed by atoms with Crippen LogP contribution in [0.2, 0.25) is 0 Å². The van der Waals surface area contributed by atoms with Crippen molar-refractivity contribution in [3.63, 3.8) is 0 Å². The molecule has 1 aromatic heterocycles. The number of nitrogens with zero attached hydrogens (tertiary/aromatic N) is 3. The summed E-state index contributed by atoms with van der Waals surface area (Å²) >= 11 is 0. The number of aliphatic hydroxyl groups excluding tert-OH is 1. The molecule has 0 saturated carbocycles. The van der Waals surface area contributed by atoms with Crippen LogP contribution in [0.3, 0.4) is 0 Å². The first-order valence-electron chi connectivity index (χ1n) is 7.79.